The Morgan fingerprint density at radius 3 is 2.92 bits per heavy atom. The van der Waals surface area contributed by atoms with E-state index in [9.17, 15) is 4.39 Å². The van der Waals surface area contributed by atoms with Crippen LogP contribution in [-0.2, 0) is 10.3 Å². The van der Waals surface area contributed by atoms with E-state index in [1.165, 1.54) is 6.07 Å². The van der Waals surface area contributed by atoms with Crippen LogP contribution in [0.2, 0.25) is 0 Å². The summed E-state index contributed by atoms with van der Waals surface area (Å²) in [4.78, 5) is 0. The molecule has 1 saturated heterocycles. The zero-order valence-electron chi connectivity index (χ0n) is 12.9. The van der Waals surface area contributed by atoms with Gasteiger partial charge in [0.05, 0.1) is 7.11 Å². The van der Waals surface area contributed by atoms with Crippen molar-refractivity contribution >= 4 is 15.9 Å². The van der Waals surface area contributed by atoms with Gasteiger partial charge in [-0.25, -0.2) is 4.39 Å². The van der Waals surface area contributed by atoms with E-state index in [2.05, 4.69) is 21.2 Å². The van der Waals surface area contributed by atoms with Crippen molar-refractivity contribution in [1.29, 1.82) is 0 Å². The van der Waals surface area contributed by atoms with Gasteiger partial charge in [-0.05, 0) is 30.3 Å². The number of morpholine rings is 1. The first-order valence-corrected chi connectivity index (χ1v) is 8.33. The maximum atomic E-state index is 14.5. The van der Waals surface area contributed by atoms with Crippen molar-refractivity contribution in [3.63, 3.8) is 0 Å². The minimum atomic E-state index is -0.945. The van der Waals surface area contributed by atoms with E-state index in [-0.39, 0.29) is 5.75 Å². The largest absolute Gasteiger partial charge is 0.497 e. The normalized spacial score (nSPS) is 24.9. The summed E-state index contributed by atoms with van der Waals surface area (Å²) in [5.41, 5.74) is 6.45. The first-order valence-electron chi connectivity index (χ1n) is 7.53. The van der Waals surface area contributed by atoms with E-state index in [4.69, 9.17) is 19.9 Å². The number of hydrogen-bond acceptors (Lipinski definition) is 5. The van der Waals surface area contributed by atoms with Crippen LogP contribution < -0.4 is 20.5 Å². The molecule has 2 aromatic carbocycles. The number of benzene rings is 2. The quantitative estimate of drug-likeness (QED) is 0.778. The van der Waals surface area contributed by atoms with Gasteiger partial charge in [0.25, 0.3) is 0 Å². The third-order valence-electron chi connectivity index (χ3n) is 4.35. The van der Waals surface area contributed by atoms with E-state index < -0.39 is 17.6 Å². The van der Waals surface area contributed by atoms with Gasteiger partial charge in [0.1, 0.15) is 23.3 Å². The highest BCUT2D eigenvalue weighted by molar-refractivity contribution is 9.10. The van der Waals surface area contributed by atoms with Crippen molar-refractivity contribution in [1.82, 2.24) is 5.32 Å². The zero-order valence-corrected chi connectivity index (χ0v) is 14.5. The fourth-order valence-electron chi connectivity index (χ4n) is 3.31. The van der Waals surface area contributed by atoms with Crippen LogP contribution in [0.15, 0.2) is 34.8 Å². The molecule has 2 heterocycles. The molecule has 2 aliphatic rings. The van der Waals surface area contributed by atoms with Crippen LogP contribution in [0.3, 0.4) is 0 Å². The topological polar surface area (TPSA) is 65.7 Å². The van der Waals surface area contributed by atoms with E-state index in [0.29, 0.717) is 34.6 Å². The third-order valence-corrected chi connectivity index (χ3v) is 4.81. The van der Waals surface area contributed by atoms with Crippen LogP contribution >= 0.6 is 15.9 Å². The highest BCUT2D eigenvalue weighted by Gasteiger charge is 2.47. The van der Waals surface area contributed by atoms with Crippen molar-refractivity contribution in [2.45, 2.75) is 11.8 Å². The lowest BCUT2D eigenvalue weighted by atomic mass is 9.82. The van der Waals surface area contributed by atoms with Crippen molar-refractivity contribution in [3.8, 4) is 17.2 Å². The van der Waals surface area contributed by atoms with Crippen LogP contribution in [-0.4, -0.2) is 26.4 Å². The number of rotatable bonds is 1. The minimum absolute atomic E-state index is 0.159. The molecule has 0 bridgehead atoms. The highest BCUT2D eigenvalue weighted by Crippen LogP contribution is 2.52. The monoisotopic (exact) mass is 394 g/mol. The number of methoxy groups -OCH3 is 1. The van der Waals surface area contributed by atoms with Gasteiger partial charge in [0.2, 0.25) is 0 Å². The fraction of sp³-hybridized carbons (Fsp3) is 0.294. The molecule has 0 aromatic heterocycles. The van der Waals surface area contributed by atoms with Gasteiger partial charge in [0.15, 0.2) is 11.6 Å². The second-order valence-electron chi connectivity index (χ2n) is 5.84. The van der Waals surface area contributed by atoms with Crippen LogP contribution in [0, 0.1) is 5.82 Å². The molecule has 2 atom stereocenters. The Morgan fingerprint density at radius 1 is 1.33 bits per heavy atom. The molecule has 0 amide bonds. The number of nitrogens with two attached hydrogens (primary N) is 1. The van der Waals surface area contributed by atoms with Gasteiger partial charge in [0, 0.05) is 28.7 Å². The molecular weight excluding hydrogens is 379 g/mol. The Labute approximate surface area is 147 Å². The standard InChI is InChI=1S/C17H16BrFN2O3/c1-22-10-2-3-14-11(6-10)17(8-21-7-15(20)24-17)12-4-9(18)5-13(19)16(12)23-14/h2-6,15,21H,7-8,20H2,1H3/t15-,17?/m0/s1. The van der Waals surface area contributed by atoms with E-state index in [1.54, 1.807) is 25.3 Å². The first-order chi connectivity index (χ1) is 11.5. The molecule has 0 saturated carbocycles. The van der Waals surface area contributed by atoms with Crippen molar-refractivity contribution in [2.75, 3.05) is 20.2 Å². The molecule has 2 aromatic rings. The van der Waals surface area contributed by atoms with Gasteiger partial charge in [-0.1, -0.05) is 15.9 Å². The van der Waals surface area contributed by atoms with E-state index in [0.717, 1.165) is 5.56 Å². The average molecular weight is 395 g/mol. The van der Waals surface area contributed by atoms with Gasteiger partial charge >= 0.3 is 0 Å². The minimum Gasteiger partial charge on any atom is -0.497 e. The van der Waals surface area contributed by atoms with Crippen molar-refractivity contribution in [3.05, 3.63) is 51.7 Å². The molecule has 24 heavy (non-hydrogen) atoms. The lowest BCUT2D eigenvalue weighted by molar-refractivity contribution is -0.0974. The van der Waals surface area contributed by atoms with Crippen molar-refractivity contribution < 1.29 is 18.6 Å². The summed E-state index contributed by atoms with van der Waals surface area (Å²) in [6.07, 6.45) is -0.522. The predicted octanol–water partition coefficient (Wildman–Crippen LogP) is 2.85. The van der Waals surface area contributed by atoms with Crippen LogP contribution in [0.5, 0.6) is 17.2 Å². The molecule has 7 heteroatoms. The number of ether oxygens (including phenoxy) is 3. The summed E-state index contributed by atoms with van der Waals surface area (Å²) < 4.78 is 32.5. The Morgan fingerprint density at radius 2 is 2.17 bits per heavy atom. The molecule has 1 spiro atoms. The summed E-state index contributed by atoms with van der Waals surface area (Å²) >= 11 is 3.35. The number of hydrogen-bond donors (Lipinski definition) is 2. The second-order valence-corrected chi connectivity index (χ2v) is 6.76. The summed E-state index contributed by atoms with van der Waals surface area (Å²) in [6.45, 7) is 0.973. The Bertz CT molecular complexity index is 817. The summed E-state index contributed by atoms with van der Waals surface area (Å²) in [5, 5.41) is 3.27. The highest BCUT2D eigenvalue weighted by atomic mass is 79.9. The predicted molar refractivity (Wildman–Crippen MR) is 89.9 cm³/mol. The Kier molecular flexibility index (Phi) is 3.76. The van der Waals surface area contributed by atoms with Gasteiger partial charge in [-0.3, -0.25) is 0 Å². The Balaban J connectivity index is 2.00. The van der Waals surface area contributed by atoms with Gasteiger partial charge < -0.3 is 25.3 Å². The average Bonchev–Trinajstić information content (AvgIpc) is 2.56. The SMILES string of the molecule is COc1ccc2c(c1)C1(CNC[C@@H](N)O1)c1cc(Br)cc(F)c1O2. The molecule has 1 fully saturated rings. The molecular formula is C17H16BrFN2O3. The van der Waals surface area contributed by atoms with E-state index >= 15 is 0 Å². The molecule has 4 rings (SSSR count). The van der Waals surface area contributed by atoms with E-state index in [1.807, 2.05) is 6.07 Å². The zero-order chi connectivity index (χ0) is 16.9. The van der Waals surface area contributed by atoms with Crippen molar-refractivity contribution in [2.24, 2.45) is 5.73 Å². The fourth-order valence-corrected chi connectivity index (χ4v) is 3.74. The Hall–Kier alpha value is -1.67. The smallest absolute Gasteiger partial charge is 0.169 e. The van der Waals surface area contributed by atoms with Crippen LogP contribution in [0.25, 0.3) is 0 Å². The lowest BCUT2D eigenvalue weighted by Crippen LogP contribution is -2.56. The summed E-state index contributed by atoms with van der Waals surface area (Å²) in [6, 6.07) is 8.54. The summed E-state index contributed by atoms with van der Waals surface area (Å²) in [7, 11) is 1.59. The van der Waals surface area contributed by atoms with Gasteiger partial charge in [-0.15, -0.1) is 0 Å². The molecule has 1 unspecified atom stereocenters. The van der Waals surface area contributed by atoms with Crippen LogP contribution in [0.4, 0.5) is 4.39 Å². The van der Waals surface area contributed by atoms with Crippen LogP contribution in [0.1, 0.15) is 11.1 Å². The summed E-state index contributed by atoms with van der Waals surface area (Å²) in [5.74, 6) is 0.897. The second kappa shape index (κ2) is 5.70. The van der Waals surface area contributed by atoms with Gasteiger partial charge in [-0.2, -0.15) is 0 Å². The molecule has 0 aliphatic carbocycles. The maximum Gasteiger partial charge on any atom is 0.169 e. The first kappa shape index (κ1) is 15.8. The lowest BCUT2D eigenvalue weighted by Gasteiger charge is -2.44. The number of halogens is 2. The third kappa shape index (κ3) is 2.31. The molecule has 5 nitrogen and oxygen atoms in total. The number of fused-ring (bicyclic) bond motifs is 4. The maximum absolute atomic E-state index is 14.5. The molecule has 2 aliphatic heterocycles. The number of nitrogens with one attached hydrogen (secondary N) is 1. The molecule has 3 N–H and O–H groups in total. The molecule has 0 radical (unpaired) electrons. The molecule has 126 valence electrons.